The van der Waals surface area contributed by atoms with Crippen LogP contribution in [0, 0.1) is 0 Å². The third-order valence-electron chi connectivity index (χ3n) is 9.78. The highest BCUT2D eigenvalue weighted by atomic mass is 16.6. The average molecular weight is 683 g/mol. The van der Waals surface area contributed by atoms with Crippen molar-refractivity contribution < 1.29 is 19.1 Å². The molecule has 8 heteroatoms. The lowest BCUT2D eigenvalue weighted by Crippen LogP contribution is -2.45. The average Bonchev–Trinajstić information content (AvgIpc) is 3.65. The summed E-state index contributed by atoms with van der Waals surface area (Å²) in [5, 5.41) is 0. The number of nitrogens with two attached hydrogens (primary N) is 2. The van der Waals surface area contributed by atoms with Gasteiger partial charge in [0, 0.05) is 47.9 Å². The summed E-state index contributed by atoms with van der Waals surface area (Å²) >= 11 is 0. The Bertz CT molecular complexity index is 1500. The van der Waals surface area contributed by atoms with Crippen LogP contribution in [0.1, 0.15) is 86.3 Å². The maximum atomic E-state index is 12.5. The lowest BCUT2D eigenvalue weighted by Gasteiger charge is -2.25. The molecule has 8 nitrogen and oxygen atoms in total. The van der Waals surface area contributed by atoms with E-state index >= 15 is 0 Å². The van der Waals surface area contributed by atoms with E-state index in [4.69, 9.17) is 20.9 Å². The summed E-state index contributed by atoms with van der Waals surface area (Å²) in [5.74, 6) is -2.10. The zero-order chi connectivity index (χ0) is 36.0. The van der Waals surface area contributed by atoms with Crippen molar-refractivity contribution in [2.45, 2.75) is 102 Å². The largest absolute Gasteiger partial charge is 0.455 e. The second-order valence-electron chi connectivity index (χ2n) is 14.6. The van der Waals surface area contributed by atoms with Gasteiger partial charge in [-0.2, -0.15) is 0 Å². The van der Waals surface area contributed by atoms with E-state index in [1.165, 1.54) is 33.9 Å². The van der Waals surface area contributed by atoms with E-state index in [2.05, 4.69) is 108 Å². The van der Waals surface area contributed by atoms with Crippen LogP contribution in [0.4, 0.5) is 0 Å². The minimum atomic E-state index is -1.05. The maximum Gasteiger partial charge on any atom is 0.417 e. The topological polar surface area (TPSA) is 114 Å². The molecule has 0 fully saturated rings. The molecule has 2 aromatic heterocycles. The molecule has 4 rings (SSSR count). The molecule has 0 aliphatic carbocycles. The number of carbonyl (C=O) groups excluding carboxylic acids is 2. The standard InChI is InChI=1S/C42H58N4O4/c1-41(43,29-27-37-25-23-35(45(37)3)21-13-11-19-33-15-7-5-8-16-33)31-49-39(47)40(48)50-32-42(2,44)30-28-38-26-24-36(46(38)4)22-14-12-20-34-17-9-6-10-18-34/h5-10,15-18,23-26H,11-14,19-22,27-32,43-44H2,1-4H3/t41-,42-/m1/s1. The van der Waals surface area contributed by atoms with Gasteiger partial charge in [-0.25, -0.2) is 9.59 Å². The third kappa shape index (κ3) is 12.6. The van der Waals surface area contributed by atoms with Crippen LogP contribution in [0.15, 0.2) is 84.9 Å². The Hall–Kier alpha value is -4.14. The molecule has 4 N–H and O–H groups in total. The lowest BCUT2D eigenvalue weighted by atomic mass is 9.97. The third-order valence-corrected chi connectivity index (χ3v) is 9.78. The Kier molecular flexibility index (Phi) is 14.5. The predicted octanol–water partition coefficient (Wildman–Crippen LogP) is 6.58. The minimum Gasteiger partial charge on any atom is -0.455 e. The molecule has 0 unspecified atom stereocenters. The van der Waals surface area contributed by atoms with E-state index in [1.807, 2.05) is 13.8 Å². The van der Waals surface area contributed by atoms with E-state index in [1.54, 1.807) is 0 Å². The zero-order valence-electron chi connectivity index (χ0n) is 30.7. The highest BCUT2D eigenvalue weighted by molar-refractivity contribution is 6.29. The molecule has 270 valence electrons. The summed E-state index contributed by atoms with van der Waals surface area (Å²) in [6.07, 6.45) is 11.4. The second-order valence-corrected chi connectivity index (χ2v) is 14.6. The molecule has 2 atom stereocenters. The Morgan fingerprint density at radius 1 is 0.520 bits per heavy atom. The van der Waals surface area contributed by atoms with Gasteiger partial charge in [-0.05, 0) is 126 Å². The Morgan fingerprint density at radius 2 is 0.840 bits per heavy atom. The Morgan fingerprint density at radius 3 is 1.20 bits per heavy atom. The van der Waals surface area contributed by atoms with Crippen LogP contribution in [0.5, 0.6) is 0 Å². The van der Waals surface area contributed by atoms with Crippen LogP contribution in [0.3, 0.4) is 0 Å². The van der Waals surface area contributed by atoms with Crippen molar-refractivity contribution in [3.05, 3.63) is 119 Å². The number of benzene rings is 2. The first-order valence-electron chi connectivity index (χ1n) is 18.2. The molecular formula is C42H58N4O4. The van der Waals surface area contributed by atoms with Gasteiger partial charge in [0.05, 0.1) is 0 Å². The highest BCUT2D eigenvalue weighted by Crippen LogP contribution is 2.19. The molecule has 0 aliphatic heterocycles. The summed E-state index contributed by atoms with van der Waals surface area (Å²) in [7, 11) is 4.17. The Balaban J connectivity index is 1.11. The summed E-state index contributed by atoms with van der Waals surface area (Å²) in [6.45, 7) is 3.49. The molecule has 0 spiro atoms. The number of rotatable bonds is 20. The summed E-state index contributed by atoms with van der Waals surface area (Å²) in [6, 6.07) is 29.8. The number of esters is 2. The van der Waals surface area contributed by atoms with Crippen molar-refractivity contribution in [3.63, 3.8) is 0 Å². The minimum absolute atomic E-state index is 0.0837. The summed E-state index contributed by atoms with van der Waals surface area (Å²) < 4.78 is 15.0. The second kappa shape index (κ2) is 18.7. The van der Waals surface area contributed by atoms with Crippen LogP contribution >= 0.6 is 0 Å². The van der Waals surface area contributed by atoms with E-state index < -0.39 is 23.0 Å². The smallest absolute Gasteiger partial charge is 0.417 e. The van der Waals surface area contributed by atoms with Crippen molar-refractivity contribution in [3.8, 4) is 0 Å². The van der Waals surface area contributed by atoms with Gasteiger partial charge in [-0.1, -0.05) is 60.7 Å². The number of unbranched alkanes of at least 4 members (excludes halogenated alkanes) is 2. The van der Waals surface area contributed by atoms with E-state index in [0.717, 1.165) is 64.2 Å². The van der Waals surface area contributed by atoms with Crippen LogP contribution in [-0.2, 0) is 71.7 Å². The quantitative estimate of drug-likeness (QED) is 0.0619. The fourth-order valence-electron chi connectivity index (χ4n) is 6.32. The first kappa shape index (κ1) is 38.7. The van der Waals surface area contributed by atoms with Crippen molar-refractivity contribution >= 4 is 11.9 Å². The molecule has 0 aliphatic rings. The van der Waals surface area contributed by atoms with Gasteiger partial charge in [0.15, 0.2) is 0 Å². The lowest BCUT2D eigenvalue weighted by molar-refractivity contribution is -0.169. The van der Waals surface area contributed by atoms with Gasteiger partial charge < -0.3 is 30.1 Å². The van der Waals surface area contributed by atoms with Gasteiger partial charge in [0.25, 0.3) is 0 Å². The van der Waals surface area contributed by atoms with Crippen LogP contribution < -0.4 is 11.5 Å². The zero-order valence-corrected chi connectivity index (χ0v) is 30.7. The molecule has 0 saturated heterocycles. The monoisotopic (exact) mass is 682 g/mol. The fourth-order valence-corrected chi connectivity index (χ4v) is 6.32. The predicted molar refractivity (Wildman–Crippen MR) is 201 cm³/mol. The van der Waals surface area contributed by atoms with Crippen molar-refractivity contribution in [1.82, 2.24) is 9.13 Å². The molecule has 0 bridgehead atoms. The molecule has 0 amide bonds. The van der Waals surface area contributed by atoms with Gasteiger partial charge in [-0.15, -0.1) is 0 Å². The van der Waals surface area contributed by atoms with Crippen LogP contribution in [0.25, 0.3) is 0 Å². The normalized spacial score (nSPS) is 13.8. The number of ether oxygens (including phenoxy) is 2. The van der Waals surface area contributed by atoms with E-state index in [9.17, 15) is 9.59 Å². The van der Waals surface area contributed by atoms with Crippen molar-refractivity contribution in [2.75, 3.05) is 13.2 Å². The number of aromatic nitrogens is 2. The van der Waals surface area contributed by atoms with Gasteiger partial charge in [-0.3, -0.25) is 0 Å². The number of carbonyl (C=O) groups is 2. The summed E-state index contributed by atoms with van der Waals surface area (Å²) in [5.41, 5.74) is 19.1. The summed E-state index contributed by atoms with van der Waals surface area (Å²) in [4.78, 5) is 24.9. The van der Waals surface area contributed by atoms with Crippen molar-refractivity contribution in [2.24, 2.45) is 25.6 Å². The fraction of sp³-hybridized carbons (Fsp3) is 0.476. The molecular weight excluding hydrogens is 624 g/mol. The number of nitrogens with zero attached hydrogens (tertiary/aromatic N) is 2. The number of aryl methyl sites for hydroxylation is 6. The molecule has 2 heterocycles. The Labute approximate surface area is 299 Å². The number of hydrogen-bond donors (Lipinski definition) is 2. The van der Waals surface area contributed by atoms with Crippen molar-refractivity contribution in [1.29, 1.82) is 0 Å². The highest BCUT2D eigenvalue weighted by Gasteiger charge is 2.28. The first-order valence-corrected chi connectivity index (χ1v) is 18.2. The first-order chi connectivity index (χ1) is 23.9. The van der Waals surface area contributed by atoms with E-state index in [0.29, 0.717) is 12.8 Å². The SMILES string of the molecule is Cn1c(CCCCc2ccccc2)ccc1CC[C@@](C)(N)COC(=O)C(=O)OC[C@](C)(N)CCc1ccc(CCCCc2ccccc2)n1C. The van der Waals surface area contributed by atoms with Gasteiger partial charge >= 0.3 is 11.9 Å². The molecule has 4 aromatic rings. The molecule has 50 heavy (non-hydrogen) atoms. The van der Waals surface area contributed by atoms with Gasteiger partial charge in [0.1, 0.15) is 13.2 Å². The molecule has 0 saturated carbocycles. The van der Waals surface area contributed by atoms with Crippen LogP contribution in [0.2, 0.25) is 0 Å². The van der Waals surface area contributed by atoms with E-state index in [-0.39, 0.29) is 13.2 Å². The molecule has 0 radical (unpaired) electrons. The van der Waals surface area contributed by atoms with Gasteiger partial charge in [0.2, 0.25) is 0 Å². The van der Waals surface area contributed by atoms with Crippen LogP contribution in [-0.4, -0.2) is 45.4 Å². The molecule has 2 aromatic carbocycles. The number of hydrogen-bond acceptors (Lipinski definition) is 6. The maximum absolute atomic E-state index is 12.5.